The number of hydrogen-bond acceptors (Lipinski definition) is 3. The zero-order valence-electron chi connectivity index (χ0n) is 10.9. The van der Waals surface area contributed by atoms with Crippen molar-refractivity contribution in [3.63, 3.8) is 0 Å². The average Bonchev–Trinajstić information content (AvgIpc) is 2.84. The number of hydrogen-bond donors (Lipinski definition) is 2. The fourth-order valence-electron chi connectivity index (χ4n) is 2.31. The first kappa shape index (κ1) is 12.6. The van der Waals surface area contributed by atoms with Crippen molar-refractivity contribution in [2.75, 3.05) is 6.61 Å². The smallest absolute Gasteiger partial charge is 0.248 e. The van der Waals surface area contributed by atoms with Gasteiger partial charge in [-0.3, -0.25) is 9.36 Å². The van der Waals surface area contributed by atoms with Crippen LogP contribution in [-0.4, -0.2) is 26.2 Å². The number of H-pyrrole nitrogens is 1. The van der Waals surface area contributed by atoms with Gasteiger partial charge in [0.25, 0.3) is 0 Å². The van der Waals surface area contributed by atoms with Gasteiger partial charge in [0.05, 0.1) is 16.7 Å². The molecule has 1 aromatic carbocycles. The first-order chi connectivity index (χ1) is 9.79. The van der Waals surface area contributed by atoms with E-state index >= 15 is 0 Å². The van der Waals surface area contributed by atoms with Gasteiger partial charge in [-0.2, -0.15) is 0 Å². The van der Waals surface area contributed by atoms with Gasteiger partial charge in [0, 0.05) is 25.3 Å². The Balaban J connectivity index is 2.19. The van der Waals surface area contributed by atoms with Crippen molar-refractivity contribution in [2.45, 2.75) is 12.8 Å². The van der Waals surface area contributed by atoms with E-state index in [-0.39, 0.29) is 12.2 Å². The molecule has 2 aromatic heterocycles. The highest BCUT2D eigenvalue weighted by atomic mass is 16.2. The number of aliphatic hydroxyl groups is 1. The number of benzene rings is 1. The minimum Gasteiger partial charge on any atom is -0.396 e. The maximum absolute atomic E-state index is 11.2. The number of nitrogens with one attached hydrogen (secondary N) is 1. The van der Waals surface area contributed by atoms with Crippen molar-refractivity contribution in [1.82, 2.24) is 14.5 Å². The van der Waals surface area contributed by atoms with E-state index in [1.165, 1.54) is 6.07 Å². The molecule has 0 aliphatic heterocycles. The number of nitrogens with zero attached hydrogens (tertiary/aromatic N) is 2. The molecule has 102 valence electrons. The zero-order chi connectivity index (χ0) is 13.9. The molecule has 0 aliphatic carbocycles. The van der Waals surface area contributed by atoms with E-state index in [1.807, 2.05) is 28.8 Å². The van der Waals surface area contributed by atoms with Crippen LogP contribution in [0.15, 0.2) is 47.4 Å². The summed E-state index contributed by atoms with van der Waals surface area (Å²) in [5.41, 5.74) is 2.64. The Hall–Kier alpha value is -2.40. The van der Waals surface area contributed by atoms with Crippen molar-refractivity contribution in [3.8, 4) is 5.69 Å². The predicted octanol–water partition coefficient (Wildman–Crippen LogP) is 1.64. The molecule has 5 nitrogen and oxygen atoms in total. The number of aromatic amines is 1. The Kier molecular flexibility index (Phi) is 3.35. The molecule has 3 rings (SSSR count). The number of pyridine rings is 1. The standard InChI is InChI=1S/C15H15N3O2/c19-9-3-6-14-17-12-4-1-2-5-13(12)18(14)11-7-8-15(20)16-10-11/h1-2,4-5,7-8,10,19H,3,6,9H2,(H,16,20). The molecule has 0 fully saturated rings. The van der Waals surface area contributed by atoms with Crippen LogP contribution >= 0.6 is 0 Å². The molecular formula is C15H15N3O2. The zero-order valence-corrected chi connectivity index (χ0v) is 10.9. The van der Waals surface area contributed by atoms with Gasteiger partial charge in [-0.25, -0.2) is 4.98 Å². The first-order valence-corrected chi connectivity index (χ1v) is 6.56. The summed E-state index contributed by atoms with van der Waals surface area (Å²) in [6, 6.07) is 11.1. The Morgan fingerprint density at radius 3 is 2.80 bits per heavy atom. The third kappa shape index (κ3) is 2.23. The van der Waals surface area contributed by atoms with Gasteiger partial charge in [0.15, 0.2) is 0 Å². The monoisotopic (exact) mass is 269 g/mol. The second-order valence-corrected chi connectivity index (χ2v) is 4.59. The molecule has 0 radical (unpaired) electrons. The summed E-state index contributed by atoms with van der Waals surface area (Å²) < 4.78 is 2.01. The lowest BCUT2D eigenvalue weighted by Crippen LogP contribution is -2.07. The van der Waals surface area contributed by atoms with Gasteiger partial charge in [-0.1, -0.05) is 12.1 Å². The van der Waals surface area contributed by atoms with Gasteiger partial charge in [0.1, 0.15) is 5.82 Å². The second-order valence-electron chi connectivity index (χ2n) is 4.59. The quantitative estimate of drug-likeness (QED) is 0.756. The molecule has 0 saturated carbocycles. The van der Waals surface area contributed by atoms with Gasteiger partial charge < -0.3 is 10.1 Å². The van der Waals surface area contributed by atoms with E-state index in [0.29, 0.717) is 12.8 Å². The van der Waals surface area contributed by atoms with E-state index in [1.54, 1.807) is 12.3 Å². The summed E-state index contributed by atoms with van der Waals surface area (Å²) in [6.07, 6.45) is 3.02. The lowest BCUT2D eigenvalue weighted by molar-refractivity contribution is 0.287. The van der Waals surface area contributed by atoms with Crippen LogP contribution in [0.5, 0.6) is 0 Å². The van der Waals surface area contributed by atoms with Gasteiger partial charge in [-0.15, -0.1) is 0 Å². The minimum atomic E-state index is -0.130. The molecule has 5 heteroatoms. The Morgan fingerprint density at radius 1 is 1.20 bits per heavy atom. The van der Waals surface area contributed by atoms with Crippen LogP contribution in [0.3, 0.4) is 0 Å². The number of aliphatic hydroxyl groups excluding tert-OH is 1. The molecule has 0 aliphatic rings. The summed E-state index contributed by atoms with van der Waals surface area (Å²) in [6.45, 7) is 0.134. The van der Waals surface area contributed by atoms with Crippen molar-refractivity contribution in [3.05, 3.63) is 58.8 Å². The van der Waals surface area contributed by atoms with Gasteiger partial charge in [0.2, 0.25) is 5.56 Å². The Morgan fingerprint density at radius 2 is 2.05 bits per heavy atom. The third-order valence-corrected chi connectivity index (χ3v) is 3.21. The average molecular weight is 269 g/mol. The molecule has 2 N–H and O–H groups in total. The van der Waals surface area contributed by atoms with E-state index in [4.69, 9.17) is 5.11 Å². The minimum absolute atomic E-state index is 0.130. The highest BCUT2D eigenvalue weighted by molar-refractivity contribution is 5.78. The maximum atomic E-state index is 11.2. The summed E-state index contributed by atoms with van der Waals surface area (Å²) in [7, 11) is 0. The van der Waals surface area contributed by atoms with E-state index < -0.39 is 0 Å². The molecule has 0 atom stereocenters. The molecular weight excluding hydrogens is 254 g/mol. The summed E-state index contributed by atoms with van der Waals surface area (Å²) >= 11 is 0. The van der Waals surface area contributed by atoms with E-state index in [2.05, 4.69) is 9.97 Å². The summed E-state index contributed by atoms with van der Waals surface area (Å²) in [4.78, 5) is 18.5. The second kappa shape index (κ2) is 5.30. The van der Waals surface area contributed by atoms with Crippen LogP contribution in [0.1, 0.15) is 12.2 Å². The van der Waals surface area contributed by atoms with Crippen molar-refractivity contribution in [2.24, 2.45) is 0 Å². The van der Waals surface area contributed by atoms with Gasteiger partial charge in [-0.05, 0) is 24.6 Å². The number of para-hydroxylation sites is 2. The topological polar surface area (TPSA) is 70.9 Å². The number of aryl methyl sites for hydroxylation is 1. The van der Waals surface area contributed by atoms with Crippen LogP contribution in [0.25, 0.3) is 16.7 Å². The molecule has 0 unspecified atom stereocenters. The SMILES string of the molecule is O=c1ccc(-n2c(CCCO)nc3ccccc32)c[nH]1. The van der Waals surface area contributed by atoms with Crippen LogP contribution in [0, 0.1) is 0 Å². The molecule has 0 saturated heterocycles. The van der Waals surface area contributed by atoms with Crippen molar-refractivity contribution < 1.29 is 5.11 Å². The molecule has 0 amide bonds. The highest BCUT2D eigenvalue weighted by Crippen LogP contribution is 2.21. The normalized spacial score (nSPS) is 11.1. The van der Waals surface area contributed by atoms with Crippen LogP contribution in [-0.2, 0) is 6.42 Å². The van der Waals surface area contributed by atoms with E-state index in [9.17, 15) is 4.79 Å². The number of rotatable bonds is 4. The molecule has 2 heterocycles. The fraction of sp³-hybridized carbons (Fsp3) is 0.200. The number of imidazole rings is 1. The summed E-state index contributed by atoms with van der Waals surface area (Å²) in [5, 5.41) is 9.02. The predicted molar refractivity (Wildman–Crippen MR) is 77.1 cm³/mol. The highest BCUT2D eigenvalue weighted by Gasteiger charge is 2.11. The largest absolute Gasteiger partial charge is 0.396 e. The molecule has 3 aromatic rings. The first-order valence-electron chi connectivity index (χ1n) is 6.56. The lowest BCUT2D eigenvalue weighted by Gasteiger charge is -2.08. The maximum Gasteiger partial charge on any atom is 0.248 e. The number of aromatic nitrogens is 3. The van der Waals surface area contributed by atoms with Crippen LogP contribution in [0.2, 0.25) is 0 Å². The summed E-state index contributed by atoms with van der Waals surface area (Å²) in [5.74, 6) is 0.882. The van der Waals surface area contributed by atoms with Crippen LogP contribution in [0.4, 0.5) is 0 Å². The Bertz CT molecular complexity index is 769. The lowest BCUT2D eigenvalue weighted by atomic mass is 10.3. The van der Waals surface area contributed by atoms with Gasteiger partial charge >= 0.3 is 0 Å². The Labute approximate surface area is 115 Å². The fourth-order valence-corrected chi connectivity index (χ4v) is 2.31. The molecule has 0 bridgehead atoms. The van der Waals surface area contributed by atoms with Crippen molar-refractivity contribution >= 4 is 11.0 Å². The third-order valence-electron chi connectivity index (χ3n) is 3.21. The van der Waals surface area contributed by atoms with Crippen LogP contribution < -0.4 is 5.56 Å². The molecule has 0 spiro atoms. The van der Waals surface area contributed by atoms with Crippen molar-refractivity contribution in [1.29, 1.82) is 0 Å². The number of fused-ring (bicyclic) bond motifs is 1. The molecule has 20 heavy (non-hydrogen) atoms. The van der Waals surface area contributed by atoms with E-state index in [0.717, 1.165) is 22.5 Å².